The maximum atomic E-state index is 11.6. The lowest BCUT2D eigenvalue weighted by atomic mass is 9.84. The van der Waals surface area contributed by atoms with Gasteiger partial charge in [-0.3, -0.25) is 9.69 Å². The number of piperazine rings is 1. The first-order valence-electron chi connectivity index (χ1n) is 11.4. The van der Waals surface area contributed by atoms with Gasteiger partial charge in [-0.1, -0.05) is 6.92 Å². The minimum absolute atomic E-state index is 0.201. The Morgan fingerprint density at radius 3 is 2.66 bits per heavy atom. The molecule has 0 spiro atoms. The highest BCUT2D eigenvalue weighted by Crippen LogP contribution is 2.33. The maximum absolute atomic E-state index is 11.6. The van der Waals surface area contributed by atoms with Crippen LogP contribution in [0.25, 0.3) is 6.08 Å². The fourth-order valence-electron chi connectivity index (χ4n) is 5.09. The van der Waals surface area contributed by atoms with Crippen molar-refractivity contribution in [1.29, 1.82) is 0 Å². The molecule has 1 unspecified atom stereocenters. The van der Waals surface area contributed by atoms with Gasteiger partial charge in [-0.25, -0.2) is 0 Å². The van der Waals surface area contributed by atoms with Crippen molar-refractivity contribution >= 4 is 12.0 Å². The van der Waals surface area contributed by atoms with E-state index in [1.165, 1.54) is 31.4 Å². The molecule has 0 bridgehead atoms. The predicted molar refractivity (Wildman–Crippen MR) is 115 cm³/mol. The summed E-state index contributed by atoms with van der Waals surface area (Å²) in [6.45, 7) is 7.56. The summed E-state index contributed by atoms with van der Waals surface area (Å²) >= 11 is 0. The molecule has 0 radical (unpaired) electrons. The minimum atomic E-state index is 0.201. The number of nitrogens with zero attached hydrogens (tertiary/aromatic N) is 3. The second kappa shape index (κ2) is 9.35. The van der Waals surface area contributed by atoms with Gasteiger partial charge >= 0.3 is 0 Å². The normalized spacial score (nSPS) is 28.3. The third-order valence-electron chi connectivity index (χ3n) is 6.98. The summed E-state index contributed by atoms with van der Waals surface area (Å²) in [5, 5.41) is 3.17. The number of amides is 1. The first kappa shape index (κ1) is 20.5. The lowest BCUT2D eigenvalue weighted by Gasteiger charge is -2.43. The van der Waals surface area contributed by atoms with Crippen LogP contribution < -0.4 is 5.32 Å². The number of carbonyl (C=O) groups excluding carboxylic acids is 1. The Kier molecular flexibility index (Phi) is 6.60. The molecule has 1 saturated heterocycles. The van der Waals surface area contributed by atoms with Crippen molar-refractivity contribution < 1.29 is 9.21 Å². The van der Waals surface area contributed by atoms with Crippen LogP contribution in [0, 0.1) is 5.92 Å². The third kappa shape index (κ3) is 4.86. The molecule has 1 saturated carbocycles. The van der Waals surface area contributed by atoms with Crippen molar-refractivity contribution in [3.05, 3.63) is 29.9 Å². The number of hydrogen-bond donors (Lipinski definition) is 1. The fraction of sp³-hybridized carbons (Fsp3) is 0.696. The van der Waals surface area contributed by atoms with E-state index in [0.717, 1.165) is 50.7 Å². The number of furan rings is 1. The molecule has 160 valence electrons. The van der Waals surface area contributed by atoms with E-state index in [1.54, 1.807) is 6.26 Å². The van der Waals surface area contributed by atoms with E-state index in [9.17, 15) is 4.79 Å². The molecular formula is C23H36N4O2. The maximum Gasteiger partial charge on any atom is 0.219 e. The quantitative estimate of drug-likeness (QED) is 0.794. The van der Waals surface area contributed by atoms with Gasteiger partial charge in [0.1, 0.15) is 11.9 Å². The average molecular weight is 401 g/mol. The zero-order valence-corrected chi connectivity index (χ0v) is 18.0. The Morgan fingerprint density at radius 1 is 1.17 bits per heavy atom. The Hall–Kier alpha value is -1.79. The third-order valence-corrected chi connectivity index (χ3v) is 6.98. The number of nitrogens with one attached hydrogen (secondary N) is 1. The number of carbonyl (C=O) groups is 1. The van der Waals surface area contributed by atoms with Crippen molar-refractivity contribution in [2.45, 2.75) is 57.7 Å². The number of fused-ring (bicyclic) bond motifs is 1. The molecule has 3 heterocycles. The van der Waals surface area contributed by atoms with E-state index in [1.807, 2.05) is 6.92 Å². The van der Waals surface area contributed by atoms with Gasteiger partial charge in [-0.15, -0.1) is 0 Å². The summed E-state index contributed by atoms with van der Waals surface area (Å²) in [4.78, 5) is 19.0. The smallest absolute Gasteiger partial charge is 0.219 e. The second-order valence-corrected chi connectivity index (χ2v) is 8.90. The Balaban J connectivity index is 1.19. The Morgan fingerprint density at radius 2 is 1.93 bits per heavy atom. The van der Waals surface area contributed by atoms with Crippen LogP contribution in [0.15, 0.2) is 22.9 Å². The first-order valence-corrected chi connectivity index (χ1v) is 11.4. The van der Waals surface area contributed by atoms with Crippen molar-refractivity contribution in [2.75, 3.05) is 39.8 Å². The Bertz CT molecular complexity index is 699. The van der Waals surface area contributed by atoms with Crippen LogP contribution in [-0.2, 0) is 4.79 Å². The van der Waals surface area contributed by atoms with E-state index in [0.29, 0.717) is 12.5 Å². The molecule has 3 aliphatic rings. The van der Waals surface area contributed by atoms with Crippen LogP contribution in [0.3, 0.4) is 0 Å². The molecule has 1 atom stereocenters. The van der Waals surface area contributed by atoms with Crippen LogP contribution in [0.4, 0.5) is 0 Å². The monoisotopic (exact) mass is 400 g/mol. The molecule has 2 fully saturated rings. The highest BCUT2D eigenvalue weighted by molar-refractivity contribution is 5.75. The van der Waals surface area contributed by atoms with Crippen LogP contribution >= 0.6 is 0 Å². The largest absolute Gasteiger partial charge is 0.465 e. The molecule has 6 nitrogen and oxygen atoms in total. The lowest BCUT2D eigenvalue weighted by molar-refractivity contribution is -0.121. The molecule has 1 aromatic heterocycles. The number of rotatable bonds is 6. The van der Waals surface area contributed by atoms with E-state index in [2.05, 4.69) is 45.4 Å². The molecule has 1 amide bonds. The minimum Gasteiger partial charge on any atom is -0.465 e. The summed E-state index contributed by atoms with van der Waals surface area (Å²) in [5.74, 6) is 2.10. The standard InChI is InChI=1S/C23H36N4O2/c1-3-21(28)24-20-6-4-18(5-7-20)8-12-26-13-15-27(16-14-26)23-22-19(10-17-29-22)9-11-25(23)2/h9-11,17-18,20,23H,3-8,12-16H2,1-2H3,(H,24,28). The van der Waals surface area contributed by atoms with Crippen molar-refractivity contribution in [3.8, 4) is 0 Å². The topological polar surface area (TPSA) is 52.0 Å². The molecule has 29 heavy (non-hydrogen) atoms. The molecule has 1 N–H and O–H groups in total. The fourth-order valence-corrected chi connectivity index (χ4v) is 5.09. The van der Waals surface area contributed by atoms with Gasteiger partial charge in [0.15, 0.2) is 0 Å². The van der Waals surface area contributed by atoms with Crippen molar-refractivity contribution in [2.24, 2.45) is 5.92 Å². The van der Waals surface area contributed by atoms with E-state index in [4.69, 9.17) is 4.42 Å². The van der Waals surface area contributed by atoms with Crippen LogP contribution in [0.1, 0.15) is 62.9 Å². The van der Waals surface area contributed by atoms with Gasteiger partial charge in [-0.05, 0) is 56.7 Å². The molecule has 4 rings (SSSR count). The van der Waals surface area contributed by atoms with Crippen LogP contribution in [0.5, 0.6) is 0 Å². The SMILES string of the molecule is CCC(=O)NC1CCC(CCN2CCN(C3c4occc4C=CN3C)CC2)CC1. The van der Waals surface area contributed by atoms with Gasteiger partial charge < -0.3 is 19.5 Å². The van der Waals surface area contributed by atoms with Crippen molar-refractivity contribution in [3.63, 3.8) is 0 Å². The van der Waals surface area contributed by atoms with Gasteiger partial charge in [-0.2, -0.15) is 0 Å². The first-order chi connectivity index (χ1) is 14.1. The highest BCUT2D eigenvalue weighted by atomic mass is 16.3. The number of hydrogen-bond acceptors (Lipinski definition) is 5. The molecule has 0 aromatic carbocycles. The lowest BCUT2D eigenvalue weighted by Crippen LogP contribution is -2.51. The molecular weight excluding hydrogens is 364 g/mol. The molecule has 1 aliphatic carbocycles. The van der Waals surface area contributed by atoms with Gasteiger partial charge in [0.2, 0.25) is 5.91 Å². The van der Waals surface area contributed by atoms with Crippen LogP contribution in [-0.4, -0.2) is 66.4 Å². The van der Waals surface area contributed by atoms with E-state index >= 15 is 0 Å². The molecule has 1 aromatic rings. The van der Waals surface area contributed by atoms with Crippen molar-refractivity contribution in [1.82, 2.24) is 20.0 Å². The van der Waals surface area contributed by atoms with Gasteiger partial charge in [0, 0.05) is 57.5 Å². The summed E-state index contributed by atoms with van der Waals surface area (Å²) in [6, 6.07) is 2.47. The summed E-state index contributed by atoms with van der Waals surface area (Å²) in [6.07, 6.45) is 13.0. The predicted octanol–water partition coefficient (Wildman–Crippen LogP) is 3.29. The summed E-state index contributed by atoms with van der Waals surface area (Å²) in [7, 11) is 2.14. The van der Waals surface area contributed by atoms with E-state index in [-0.39, 0.29) is 12.1 Å². The summed E-state index contributed by atoms with van der Waals surface area (Å²) < 4.78 is 5.81. The molecule has 2 aliphatic heterocycles. The molecule has 6 heteroatoms. The van der Waals surface area contributed by atoms with E-state index < -0.39 is 0 Å². The van der Waals surface area contributed by atoms with Crippen LogP contribution in [0.2, 0.25) is 0 Å². The zero-order valence-electron chi connectivity index (χ0n) is 18.0. The highest BCUT2D eigenvalue weighted by Gasteiger charge is 2.32. The second-order valence-electron chi connectivity index (χ2n) is 8.90. The van der Waals surface area contributed by atoms with Gasteiger partial charge in [0.25, 0.3) is 0 Å². The summed E-state index contributed by atoms with van der Waals surface area (Å²) in [5.41, 5.74) is 1.21. The Labute approximate surface area is 174 Å². The average Bonchev–Trinajstić information content (AvgIpc) is 3.22. The van der Waals surface area contributed by atoms with Gasteiger partial charge in [0.05, 0.1) is 6.26 Å². The zero-order chi connectivity index (χ0) is 20.2.